The number of rotatable bonds is 2. The molecule has 4 nitrogen and oxygen atoms in total. The smallest absolute Gasteiger partial charge is 0.434 e. The molecule has 0 aliphatic rings. The summed E-state index contributed by atoms with van der Waals surface area (Å²) in [6, 6.07) is 3.57. The van der Waals surface area contributed by atoms with E-state index in [1.807, 2.05) is 0 Å². The molecule has 1 N–H and O–H groups in total. The maximum absolute atomic E-state index is 13.3. The van der Waals surface area contributed by atoms with Crippen LogP contribution in [0.15, 0.2) is 24.4 Å². The van der Waals surface area contributed by atoms with Crippen molar-refractivity contribution in [2.45, 2.75) is 13.1 Å². The van der Waals surface area contributed by atoms with Crippen molar-refractivity contribution in [3.63, 3.8) is 0 Å². The summed E-state index contributed by atoms with van der Waals surface area (Å²) >= 11 is 0. The third-order valence-corrected chi connectivity index (χ3v) is 2.59. The minimum absolute atomic E-state index is 0.0370. The van der Waals surface area contributed by atoms with Crippen molar-refractivity contribution in [2.24, 2.45) is 0 Å². The first-order chi connectivity index (χ1) is 9.68. The Hall–Kier alpha value is -2.51. The van der Waals surface area contributed by atoms with E-state index in [-0.39, 0.29) is 5.56 Å². The number of aromatic carboxylic acids is 1. The molecule has 110 valence electrons. The van der Waals surface area contributed by atoms with Crippen molar-refractivity contribution < 1.29 is 27.5 Å². The number of carbonyl (C=O) groups is 1. The third-order valence-electron chi connectivity index (χ3n) is 2.59. The van der Waals surface area contributed by atoms with Crippen LogP contribution in [0.2, 0.25) is 0 Å². The van der Waals surface area contributed by atoms with Gasteiger partial charge < -0.3 is 5.11 Å². The summed E-state index contributed by atoms with van der Waals surface area (Å²) in [4.78, 5) is 17.6. The number of benzene rings is 1. The van der Waals surface area contributed by atoms with E-state index in [4.69, 9.17) is 5.11 Å². The number of aromatic nitrogens is 2. The van der Waals surface area contributed by atoms with E-state index < -0.39 is 35.0 Å². The van der Waals surface area contributed by atoms with Gasteiger partial charge in [0.05, 0.1) is 0 Å². The Kier molecular flexibility index (Phi) is 3.63. The molecule has 0 atom stereocenters. The lowest BCUT2D eigenvalue weighted by Gasteiger charge is -2.10. The van der Waals surface area contributed by atoms with Crippen LogP contribution >= 0.6 is 0 Å². The van der Waals surface area contributed by atoms with Gasteiger partial charge in [0.15, 0.2) is 11.5 Å². The molecule has 2 rings (SSSR count). The second-order valence-electron chi connectivity index (χ2n) is 4.28. The highest BCUT2D eigenvalue weighted by Gasteiger charge is 2.38. The van der Waals surface area contributed by atoms with Crippen molar-refractivity contribution in [3.05, 3.63) is 47.0 Å². The Morgan fingerprint density at radius 3 is 2.43 bits per heavy atom. The number of carboxylic acids is 1. The van der Waals surface area contributed by atoms with Gasteiger partial charge in [-0.25, -0.2) is 19.2 Å². The van der Waals surface area contributed by atoms with Gasteiger partial charge in [-0.15, -0.1) is 0 Å². The van der Waals surface area contributed by atoms with Gasteiger partial charge in [0.1, 0.15) is 11.4 Å². The van der Waals surface area contributed by atoms with Gasteiger partial charge in [-0.3, -0.25) is 0 Å². The lowest BCUT2D eigenvalue weighted by atomic mass is 10.1. The van der Waals surface area contributed by atoms with Gasteiger partial charge in [-0.2, -0.15) is 13.2 Å². The molecule has 0 fully saturated rings. The van der Waals surface area contributed by atoms with E-state index in [2.05, 4.69) is 9.97 Å². The molecule has 0 aliphatic heterocycles. The van der Waals surface area contributed by atoms with Crippen LogP contribution in [0.5, 0.6) is 0 Å². The number of alkyl halides is 3. The molecule has 21 heavy (non-hydrogen) atoms. The molecule has 0 spiro atoms. The van der Waals surface area contributed by atoms with Crippen LogP contribution < -0.4 is 0 Å². The summed E-state index contributed by atoms with van der Waals surface area (Å²) in [5.41, 5.74) is -2.11. The van der Waals surface area contributed by atoms with E-state index in [1.165, 1.54) is 12.1 Å². The Balaban J connectivity index is 2.64. The molecule has 1 aromatic carbocycles. The number of aryl methyl sites for hydroxylation is 1. The summed E-state index contributed by atoms with van der Waals surface area (Å²) in [7, 11) is 0. The van der Waals surface area contributed by atoms with Crippen LogP contribution in [0.3, 0.4) is 0 Å². The maximum Gasteiger partial charge on any atom is 0.434 e. The fourth-order valence-electron chi connectivity index (χ4n) is 1.76. The average Bonchev–Trinajstić information content (AvgIpc) is 2.35. The molecule has 0 saturated carbocycles. The lowest BCUT2D eigenvalue weighted by molar-refractivity contribution is -0.141. The molecule has 0 amide bonds. The zero-order chi connectivity index (χ0) is 15.8. The fourth-order valence-corrected chi connectivity index (χ4v) is 1.76. The highest BCUT2D eigenvalue weighted by atomic mass is 19.4. The molecule has 0 radical (unpaired) electrons. The van der Waals surface area contributed by atoms with Crippen LogP contribution in [0.25, 0.3) is 11.4 Å². The number of hydrogen-bond acceptors (Lipinski definition) is 3. The fraction of sp³-hybridized carbons (Fsp3) is 0.154. The molecular formula is C13H8F4N2O2. The minimum atomic E-state index is -4.95. The van der Waals surface area contributed by atoms with Crippen molar-refractivity contribution in [3.8, 4) is 11.4 Å². The van der Waals surface area contributed by atoms with Crippen LogP contribution in [0, 0.1) is 12.7 Å². The van der Waals surface area contributed by atoms with Gasteiger partial charge in [0, 0.05) is 11.8 Å². The predicted octanol–water partition coefficient (Wildman–Crippen LogP) is 3.31. The molecule has 0 bridgehead atoms. The van der Waals surface area contributed by atoms with Crippen molar-refractivity contribution in [1.82, 2.24) is 9.97 Å². The van der Waals surface area contributed by atoms with Gasteiger partial charge in [-0.05, 0) is 30.7 Å². The highest BCUT2D eigenvalue weighted by molar-refractivity contribution is 5.89. The van der Waals surface area contributed by atoms with Gasteiger partial charge in [-0.1, -0.05) is 0 Å². The molecule has 0 unspecified atom stereocenters. The molecular weight excluding hydrogens is 292 g/mol. The maximum atomic E-state index is 13.3. The molecule has 2 aromatic rings. The second-order valence-corrected chi connectivity index (χ2v) is 4.28. The Morgan fingerprint density at radius 2 is 1.90 bits per heavy atom. The molecule has 0 saturated heterocycles. The molecule has 1 aromatic heterocycles. The highest BCUT2D eigenvalue weighted by Crippen LogP contribution is 2.31. The van der Waals surface area contributed by atoms with Gasteiger partial charge >= 0.3 is 12.1 Å². The lowest BCUT2D eigenvalue weighted by Crippen LogP contribution is -2.16. The van der Waals surface area contributed by atoms with Crippen molar-refractivity contribution in [2.75, 3.05) is 0 Å². The number of hydrogen-bond donors (Lipinski definition) is 1. The summed E-state index contributed by atoms with van der Waals surface area (Å²) in [6.45, 7) is 1.56. The van der Waals surface area contributed by atoms with E-state index in [0.29, 0.717) is 11.8 Å². The number of carboxylic acid groups (broad SMARTS) is 1. The molecule has 1 heterocycles. The van der Waals surface area contributed by atoms with E-state index in [0.717, 1.165) is 6.07 Å². The summed E-state index contributed by atoms with van der Waals surface area (Å²) < 4.78 is 51.8. The quantitative estimate of drug-likeness (QED) is 0.864. The second kappa shape index (κ2) is 5.12. The van der Waals surface area contributed by atoms with E-state index in [9.17, 15) is 22.4 Å². The van der Waals surface area contributed by atoms with Crippen LogP contribution in [-0.2, 0) is 6.18 Å². The Morgan fingerprint density at radius 1 is 1.24 bits per heavy atom. The first-order valence-corrected chi connectivity index (χ1v) is 5.63. The van der Waals surface area contributed by atoms with Crippen LogP contribution in [0.4, 0.5) is 17.6 Å². The number of halogens is 4. The largest absolute Gasteiger partial charge is 0.478 e. The third kappa shape index (κ3) is 3.15. The van der Waals surface area contributed by atoms with E-state index >= 15 is 0 Å². The summed E-state index contributed by atoms with van der Waals surface area (Å²) in [5, 5.41) is 8.74. The summed E-state index contributed by atoms with van der Waals surface area (Å²) in [5.74, 6) is -2.83. The predicted molar refractivity (Wildman–Crippen MR) is 64.1 cm³/mol. The zero-order valence-corrected chi connectivity index (χ0v) is 10.6. The average molecular weight is 300 g/mol. The summed E-state index contributed by atoms with van der Waals surface area (Å²) in [6.07, 6.45) is -4.39. The number of nitrogens with zero attached hydrogens (tertiary/aromatic N) is 2. The monoisotopic (exact) mass is 300 g/mol. The zero-order valence-electron chi connectivity index (χ0n) is 10.6. The van der Waals surface area contributed by atoms with Crippen LogP contribution in [-0.4, -0.2) is 21.0 Å². The van der Waals surface area contributed by atoms with Crippen molar-refractivity contribution in [1.29, 1.82) is 0 Å². The van der Waals surface area contributed by atoms with E-state index in [1.54, 1.807) is 6.92 Å². The minimum Gasteiger partial charge on any atom is -0.478 e. The SMILES string of the molecule is Cc1cc(F)cc(-c2ncc(C(=O)O)c(C(F)(F)F)n2)c1. The topological polar surface area (TPSA) is 63.1 Å². The van der Waals surface area contributed by atoms with Gasteiger partial charge in [0.2, 0.25) is 0 Å². The first-order valence-electron chi connectivity index (χ1n) is 5.63. The Bertz CT molecular complexity index is 694. The Labute approximate surface area is 116 Å². The van der Waals surface area contributed by atoms with Gasteiger partial charge in [0.25, 0.3) is 0 Å². The first kappa shape index (κ1) is 14.9. The van der Waals surface area contributed by atoms with Crippen LogP contribution in [0.1, 0.15) is 21.6 Å². The molecule has 0 aliphatic carbocycles. The standard InChI is InChI=1S/C13H8F4N2O2/c1-6-2-7(4-8(14)3-6)11-18-5-9(12(20)21)10(19-11)13(15,16)17/h2-5H,1H3,(H,20,21). The normalized spacial score (nSPS) is 11.5. The molecule has 8 heteroatoms. The van der Waals surface area contributed by atoms with Crippen molar-refractivity contribution >= 4 is 5.97 Å².